The number of halogens is 1. The maximum Gasteiger partial charge on any atom is 0.221 e. The first-order chi connectivity index (χ1) is 11.1. The molecular formula is C18H29IN4O. The highest BCUT2D eigenvalue weighted by Crippen LogP contribution is 2.26. The van der Waals surface area contributed by atoms with Crippen molar-refractivity contribution in [2.75, 3.05) is 26.7 Å². The Hall–Kier alpha value is -1.31. The highest BCUT2D eigenvalue weighted by molar-refractivity contribution is 14.0. The van der Waals surface area contributed by atoms with Crippen LogP contribution in [0.2, 0.25) is 0 Å². The minimum atomic E-state index is 0. The lowest BCUT2D eigenvalue weighted by molar-refractivity contribution is -0.121. The maximum absolute atomic E-state index is 11.7. The summed E-state index contributed by atoms with van der Waals surface area (Å²) in [5.41, 5.74) is 1.39. The summed E-state index contributed by atoms with van der Waals surface area (Å²) in [6.45, 7) is 6.52. The molecule has 0 aliphatic carbocycles. The highest BCUT2D eigenvalue weighted by atomic mass is 127. The van der Waals surface area contributed by atoms with Crippen molar-refractivity contribution in [2.45, 2.75) is 38.6 Å². The molecule has 1 fully saturated rings. The van der Waals surface area contributed by atoms with Gasteiger partial charge in [0, 0.05) is 45.1 Å². The van der Waals surface area contributed by atoms with E-state index in [0.717, 1.165) is 25.5 Å². The summed E-state index contributed by atoms with van der Waals surface area (Å²) in [4.78, 5) is 18.3. The third-order valence-corrected chi connectivity index (χ3v) is 4.06. The van der Waals surface area contributed by atoms with Crippen molar-refractivity contribution in [3.63, 3.8) is 0 Å². The van der Waals surface area contributed by atoms with Crippen LogP contribution in [0.25, 0.3) is 0 Å². The van der Waals surface area contributed by atoms with Gasteiger partial charge in [0.05, 0.1) is 0 Å². The molecule has 0 radical (unpaired) electrons. The minimum absolute atomic E-state index is 0. The number of nitrogens with zero attached hydrogens (tertiary/aromatic N) is 2. The summed E-state index contributed by atoms with van der Waals surface area (Å²) in [6.07, 6.45) is 1.60. The van der Waals surface area contributed by atoms with E-state index in [0.29, 0.717) is 18.9 Å². The van der Waals surface area contributed by atoms with Crippen LogP contribution in [0.3, 0.4) is 0 Å². The number of likely N-dealkylation sites (tertiary alicyclic amines) is 1. The van der Waals surface area contributed by atoms with E-state index in [9.17, 15) is 4.79 Å². The minimum Gasteiger partial charge on any atom is -0.356 e. The summed E-state index contributed by atoms with van der Waals surface area (Å²) >= 11 is 0. The number of carbonyl (C=O) groups is 1. The molecule has 134 valence electrons. The second-order valence-corrected chi connectivity index (χ2v) is 6.29. The van der Waals surface area contributed by atoms with Crippen LogP contribution >= 0.6 is 24.0 Å². The summed E-state index contributed by atoms with van der Waals surface area (Å²) in [6, 6.07) is 10.8. The van der Waals surface area contributed by atoms with Crippen molar-refractivity contribution in [1.82, 2.24) is 15.5 Å². The van der Waals surface area contributed by atoms with Crippen molar-refractivity contribution in [3.8, 4) is 0 Å². The average molecular weight is 444 g/mol. The SMILES string of the molecule is CN=C(NCCC(=O)NC(C)C)N1CCC(c2ccccc2)C1.I. The van der Waals surface area contributed by atoms with E-state index in [1.807, 2.05) is 13.8 Å². The quantitative estimate of drug-likeness (QED) is 0.417. The lowest BCUT2D eigenvalue weighted by Gasteiger charge is -2.22. The van der Waals surface area contributed by atoms with E-state index in [1.165, 1.54) is 5.56 Å². The van der Waals surface area contributed by atoms with Crippen LogP contribution in [0.5, 0.6) is 0 Å². The Morgan fingerprint density at radius 3 is 2.67 bits per heavy atom. The van der Waals surface area contributed by atoms with Crippen LogP contribution in [0.1, 0.15) is 38.2 Å². The number of benzene rings is 1. The number of carbonyl (C=O) groups excluding carboxylic acids is 1. The maximum atomic E-state index is 11.7. The van der Waals surface area contributed by atoms with Gasteiger partial charge in [-0.05, 0) is 25.8 Å². The first-order valence-electron chi connectivity index (χ1n) is 8.40. The van der Waals surface area contributed by atoms with Gasteiger partial charge in [-0.2, -0.15) is 0 Å². The van der Waals surface area contributed by atoms with Crippen molar-refractivity contribution in [1.29, 1.82) is 0 Å². The van der Waals surface area contributed by atoms with Gasteiger partial charge in [0.2, 0.25) is 5.91 Å². The molecule has 0 aromatic heterocycles. The molecule has 2 N–H and O–H groups in total. The first-order valence-corrected chi connectivity index (χ1v) is 8.40. The van der Waals surface area contributed by atoms with Crippen LogP contribution in [0.15, 0.2) is 35.3 Å². The lowest BCUT2D eigenvalue weighted by Crippen LogP contribution is -2.41. The monoisotopic (exact) mass is 444 g/mol. The zero-order valence-corrected chi connectivity index (χ0v) is 17.1. The fourth-order valence-electron chi connectivity index (χ4n) is 2.96. The topological polar surface area (TPSA) is 56.7 Å². The lowest BCUT2D eigenvalue weighted by atomic mass is 9.99. The van der Waals surface area contributed by atoms with Gasteiger partial charge in [-0.25, -0.2) is 0 Å². The normalized spacial score (nSPS) is 17.6. The molecule has 0 saturated carbocycles. The molecule has 0 bridgehead atoms. The molecule has 5 nitrogen and oxygen atoms in total. The Morgan fingerprint density at radius 1 is 1.33 bits per heavy atom. The molecule has 24 heavy (non-hydrogen) atoms. The Balaban J connectivity index is 0.00000288. The molecule has 0 spiro atoms. The standard InChI is InChI=1S/C18H28N4O.HI/c1-14(2)21-17(23)9-11-20-18(19-3)22-12-10-16(13-22)15-7-5-4-6-8-15;/h4-8,14,16H,9-13H2,1-3H3,(H,19,20)(H,21,23);1H. The van der Waals surface area contributed by atoms with Gasteiger partial charge in [-0.3, -0.25) is 9.79 Å². The van der Waals surface area contributed by atoms with E-state index in [4.69, 9.17) is 0 Å². The van der Waals surface area contributed by atoms with Crippen molar-refractivity contribution in [2.24, 2.45) is 4.99 Å². The molecule has 1 heterocycles. The molecule has 1 aromatic rings. The average Bonchev–Trinajstić information content (AvgIpc) is 3.01. The number of amides is 1. The summed E-state index contributed by atoms with van der Waals surface area (Å²) in [7, 11) is 1.80. The van der Waals surface area contributed by atoms with E-state index in [2.05, 4.69) is 50.9 Å². The first kappa shape index (κ1) is 20.7. The van der Waals surface area contributed by atoms with E-state index in [-0.39, 0.29) is 35.9 Å². The molecule has 1 saturated heterocycles. The van der Waals surface area contributed by atoms with Crippen LogP contribution in [0, 0.1) is 0 Å². The molecule has 1 amide bonds. The van der Waals surface area contributed by atoms with E-state index >= 15 is 0 Å². The second kappa shape index (κ2) is 10.5. The van der Waals surface area contributed by atoms with Crippen molar-refractivity contribution in [3.05, 3.63) is 35.9 Å². The summed E-state index contributed by atoms with van der Waals surface area (Å²) < 4.78 is 0. The summed E-state index contributed by atoms with van der Waals surface area (Å²) in [5.74, 6) is 1.52. The molecule has 1 unspecified atom stereocenters. The zero-order chi connectivity index (χ0) is 16.7. The molecule has 1 atom stereocenters. The van der Waals surface area contributed by atoms with Gasteiger partial charge in [0.15, 0.2) is 5.96 Å². The Labute approximate surface area is 162 Å². The van der Waals surface area contributed by atoms with Crippen molar-refractivity contribution < 1.29 is 4.79 Å². The highest BCUT2D eigenvalue weighted by Gasteiger charge is 2.25. The van der Waals surface area contributed by atoms with Gasteiger partial charge >= 0.3 is 0 Å². The van der Waals surface area contributed by atoms with Crippen LogP contribution in [-0.2, 0) is 4.79 Å². The fraction of sp³-hybridized carbons (Fsp3) is 0.556. The Bertz CT molecular complexity index is 533. The number of hydrogen-bond acceptors (Lipinski definition) is 2. The van der Waals surface area contributed by atoms with Gasteiger partial charge in [0.1, 0.15) is 0 Å². The fourth-order valence-corrected chi connectivity index (χ4v) is 2.96. The predicted octanol–water partition coefficient (Wildman–Crippen LogP) is 2.58. The van der Waals surface area contributed by atoms with E-state index < -0.39 is 0 Å². The van der Waals surface area contributed by atoms with Gasteiger partial charge in [0.25, 0.3) is 0 Å². The third kappa shape index (κ3) is 6.30. The van der Waals surface area contributed by atoms with E-state index in [1.54, 1.807) is 7.05 Å². The molecule has 1 aliphatic rings. The Kier molecular flexibility index (Phi) is 9.10. The predicted molar refractivity (Wildman–Crippen MR) is 110 cm³/mol. The van der Waals surface area contributed by atoms with Crippen molar-refractivity contribution >= 4 is 35.8 Å². The number of nitrogens with one attached hydrogen (secondary N) is 2. The molecule has 2 rings (SSSR count). The molecule has 6 heteroatoms. The number of guanidine groups is 1. The second-order valence-electron chi connectivity index (χ2n) is 6.29. The molecule has 1 aliphatic heterocycles. The van der Waals surface area contributed by atoms with Crippen LogP contribution < -0.4 is 10.6 Å². The Morgan fingerprint density at radius 2 is 2.04 bits per heavy atom. The van der Waals surface area contributed by atoms with Crippen LogP contribution in [-0.4, -0.2) is 49.5 Å². The number of rotatable bonds is 5. The molecule has 1 aromatic carbocycles. The summed E-state index contributed by atoms with van der Waals surface area (Å²) in [5, 5.41) is 6.20. The number of hydrogen-bond donors (Lipinski definition) is 2. The molecular weight excluding hydrogens is 415 g/mol. The smallest absolute Gasteiger partial charge is 0.221 e. The largest absolute Gasteiger partial charge is 0.356 e. The van der Waals surface area contributed by atoms with Gasteiger partial charge in [-0.1, -0.05) is 30.3 Å². The zero-order valence-electron chi connectivity index (χ0n) is 14.8. The van der Waals surface area contributed by atoms with Gasteiger partial charge in [-0.15, -0.1) is 24.0 Å². The van der Waals surface area contributed by atoms with Crippen LogP contribution in [0.4, 0.5) is 0 Å². The number of aliphatic imine (C=N–C) groups is 1. The third-order valence-electron chi connectivity index (χ3n) is 4.06. The van der Waals surface area contributed by atoms with Gasteiger partial charge < -0.3 is 15.5 Å².